The second-order valence-electron chi connectivity index (χ2n) is 8.45. The fourth-order valence-corrected chi connectivity index (χ4v) is 5.45. The summed E-state index contributed by atoms with van der Waals surface area (Å²) in [5, 5.41) is 3.83. The second-order valence-corrected chi connectivity index (χ2v) is 9.39. The highest BCUT2D eigenvalue weighted by atomic mass is 32.2. The van der Waals surface area contributed by atoms with Gasteiger partial charge in [0.05, 0.1) is 11.4 Å². The molecule has 2 amide bonds. The molecule has 2 heterocycles. The van der Waals surface area contributed by atoms with Gasteiger partial charge in [-0.05, 0) is 30.5 Å². The summed E-state index contributed by atoms with van der Waals surface area (Å²) < 4.78 is 0. The molecular weight excluding hydrogens is 420 g/mol. The van der Waals surface area contributed by atoms with E-state index in [1.165, 1.54) is 31.0 Å². The molecule has 6 nitrogen and oxygen atoms in total. The van der Waals surface area contributed by atoms with E-state index in [9.17, 15) is 9.59 Å². The number of para-hydroxylation sites is 1. The van der Waals surface area contributed by atoms with Crippen molar-refractivity contribution in [3.63, 3.8) is 0 Å². The Morgan fingerprint density at radius 1 is 1.00 bits per heavy atom. The lowest BCUT2D eigenvalue weighted by Crippen LogP contribution is -2.45. The molecule has 32 heavy (non-hydrogen) atoms. The highest BCUT2D eigenvalue weighted by Gasteiger charge is 2.41. The van der Waals surface area contributed by atoms with E-state index in [4.69, 9.17) is 4.99 Å². The van der Waals surface area contributed by atoms with Gasteiger partial charge in [-0.3, -0.25) is 14.5 Å². The SMILES string of the molecule is O=C(CSC1=Nc2ccccc2C2=NC(=O)C(Cc3ccccc3)N12)NC1CCCCC1. The van der Waals surface area contributed by atoms with Gasteiger partial charge in [0.1, 0.15) is 11.9 Å². The summed E-state index contributed by atoms with van der Waals surface area (Å²) in [6.45, 7) is 0. The molecule has 1 N–H and O–H groups in total. The summed E-state index contributed by atoms with van der Waals surface area (Å²) in [5.74, 6) is 0.761. The Balaban J connectivity index is 1.37. The van der Waals surface area contributed by atoms with Crippen LogP contribution in [0.5, 0.6) is 0 Å². The van der Waals surface area contributed by atoms with Gasteiger partial charge < -0.3 is 5.32 Å². The minimum absolute atomic E-state index is 0.0204. The molecule has 7 heteroatoms. The minimum atomic E-state index is -0.451. The quantitative estimate of drug-likeness (QED) is 0.751. The molecule has 0 radical (unpaired) electrons. The molecule has 1 saturated carbocycles. The van der Waals surface area contributed by atoms with Crippen LogP contribution in [-0.2, 0) is 16.0 Å². The number of fused-ring (bicyclic) bond motifs is 3. The number of amides is 2. The van der Waals surface area contributed by atoms with Crippen molar-refractivity contribution in [2.45, 2.75) is 50.6 Å². The van der Waals surface area contributed by atoms with Crippen molar-refractivity contribution in [2.75, 3.05) is 5.75 Å². The zero-order chi connectivity index (χ0) is 21.9. The van der Waals surface area contributed by atoms with Crippen LogP contribution in [0.25, 0.3) is 0 Å². The molecule has 0 bridgehead atoms. The van der Waals surface area contributed by atoms with Crippen molar-refractivity contribution in [3.8, 4) is 0 Å². The van der Waals surface area contributed by atoms with E-state index in [1.54, 1.807) is 0 Å². The smallest absolute Gasteiger partial charge is 0.271 e. The Bertz CT molecular complexity index is 1080. The number of amidine groups is 2. The lowest BCUT2D eigenvalue weighted by Gasteiger charge is -2.31. The van der Waals surface area contributed by atoms with Crippen LogP contribution in [0.2, 0.25) is 0 Å². The third kappa shape index (κ3) is 4.35. The molecule has 0 aromatic heterocycles. The molecule has 5 rings (SSSR count). The molecule has 2 aromatic carbocycles. The third-order valence-electron chi connectivity index (χ3n) is 6.18. The van der Waals surface area contributed by atoms with E-state index in [0.29, 0.717) is 17.4 Å². The molecule has 164 valence electrons. The van der Waals surface area contributed by atoms with Gasteiger partial charge in [0, 0.05) is 18.0 Å². The van der Waals surface area contributed by atoms with Crippen molar-refractivity contribution >= 4 is 40.3 Å². The first kappa shape index (κ1) is 20.9. The van der Waals surface area contributed by atoms with Crippen molar-refractivity contribution in [1.82, 2.24) is 10.2 Å². The van der Waals surface area contributed by atoms with Crippen LogP contribution in [0.15, 0.2) is 64.6 Å². The van der Waals surface area contributed by atoms with Crippen molar-refractivity contribution in [1.29, 1.82) is 0 Å². The predicted molar refractivity (Wildman–Crippen MR) is 128 cm³/mol. The Kier molecular flexibility index (Phi) is 6.08. The molecule has 1 unspecified atom stereocenters. The van der Waals surface area contributed by atoms with E-state index in [0.717, 1.165) is 29.7 Å². The molecule has 1 fully saturated rings. The molecule has 0 spiro atoms. The van der Waals surface area contributed by atoms with Crippen LogP contribution >= 0.6 is 11.8 Å². The Hall–Kier alpha value is -2.93. The van der Waals surface area contributed by atoms with Crippen LogP contribution in [0, 0.1) is 0 Å². The number of hydrogen-bond acceptors (Lipinski definition) is 5. The zero-order valence-corrected chi connectivity index (χ0v) is 18.7. The first-order valence-electron chi connectivity index (χ1n) is 11.2. The number of benzene rings is 2. The van der Waals surface area contributed by atoms with Gasteiger partial charge >= 0.3 is 0 Å². The number of aliphatic imine (C=N–C) groups is 2. The standard InChI is InChI=1S/C25H26N4O2S/c30-22(26-18-11-5-2-6-12-18)16-32-25-27-20-14-8-7-13-19(20)23-28-24(31)21(29(23)25)15-17-9-3-1-4-10-17/h1,3-4,7-10,13-14,18,21H,2,5-6,11-12,15-16H2,(H,26,30). The fourth-order valence-electron chi connectivity index (χ4n) is 4.59. The van der Waals surface area contributed by atoms with Gasteiger partial charge in [0.25, 0.3) is 5.91 Å². The number of nitrogens with one attached hydrogen (secondary N) is 1. The topological polar surface area (TPSA) is 74.1 Å². The van der Waals surface area contributed by atoms with Gasteiger partial charge in [-0.1, -0.05) is 73.5 Å². The van der Waals surface area contributed by atoms with Crippen molar-refractivity contribution in [2.24, 2.45) is 9.98 Å². The average molecular weight is 447 g/mol. The molecule has 1 aliphatic carbocycles. The zero-order valence-electron chi connectivity index (χ0n) is 17.9. The third-order valence-corrected chi connectivity index (χ3v) is 7.14. The molecular formula is C25H26N4O2S. The monoisotopic (exact) mass is 446 g/mol. The number of carbonyl (C=O) groups is 2. The molecule has 0 saturated heterocycles. The minimum Gasteiger partial charge on any atom is -0.353 e. The van der Waals surface area contributed by atoms with E-state index < -0.39 is 6.04 Å². The lowest BCUT2D eigenvalue weighted by molar-refractivity contribution is -0.120. The Morgan fingerprint density at radius 3 is 2.56 bits per heavy atom. The predicted octanol–water partition coefficient (Wildman–Crippen LogP) is 4.07. The number of nitrogens with zero attached hydrogens (tertiary/aromatic N) is 3. The van der Waals surface area contributed by atoms with Gasteiger partial charge in [-0.15, -0.1) is 0 Å². The summed E-state index contributed by atoms with van der Waals surface area (Å²) in [6.07, 6.45) is 6.27. The van der Waals surface area contributed by atoms with E-state index >= 15 is 0 Å². The molecule has 2 aromatic rings. The lowest BCUT2D eigenvalue weighted by atomic mass is 9.95. The first-order valence-corrected chi connectivity index (χ1v) is 12.2. The number of thioether (sulfide) groups is 1. The number of carbonyl (C=O) groups excluding carboxylic acids is 2. The summed E-state index contributed by atoms with van der Waals surface area (Å²) in [5.41, 5.74) is 2.71. The fraction of sp³-hybridized carbons (Fsp3) is 0.360. The highest BCUT2D eigenvalue weighted by molar-refractivity contribution is 8.14. The summed E-state index contributed by atoms with van der Waals surface area (Å²) >= 11 is 1.38. The summed E-state index contributed by atoms with van der Waals surface area (Å²) in [6, 6.07) is 17.5. The van der Waals surface area contributed by atoms with Gasteiger partial charge in [0.15, 0.2) is 5.17 Å². The van der Waals surface area contributed by atoms with Gasteiger partial charge in [-0.2, -0.15) is 4.99 Å². The molecule has 1 atom stereocenters. The van der Waals surface area contributed by atoms with Crippen LogP contribution in [0.1, 0.15) is 43.2 Å². The maximum absolute atomic E-state index is 12.9. The highest BCUT2D eigenvalue weighted by Crippen LogP contribution is 2.35. The molecule has 3 aliphatic rings. The average Bonchev–Trinajstić information content (AvgIpc) is 3.15. The first-order chi connectivity index (χ1) is 15.7. The van der Waals surface area contributed by atoms with E-state index in [1.807, 2.05) is 59.5 Å². The second kappa shape index (κ2) is 9.28. The number of hydrogen-bond donors (Lipinski definition) is 1. The largest absolute Gasteiger partial charge is 0.353 e. The Morgan fingerprint density at radius 2 is 1.75 bits per heavy atom. The van der Waals surface area contributed by atoms with Crippen LogP contribution in [0.4, 0.5) is 5.69 Å². The Labute approximate surface area is 192 Å². The van der Waals surface area contributed by atoms with Crippen LogP contribution in [-0.4, -0.2) is 45.6 Å². The maximum atomic E-state index is 12.9. The summed E-state index contributed by atoms with van der Waals surface area (Å²) in [7, 11) is 0. The normalized spacial score (nSPS) is 20.3. The van der Waals surface area contributed by atoms with Gasteiger partial charge in [-0.25, -0.2) is 4.99 Å². The van der Waals surface area contributed by atoms with Crippen molar-refractivity contribution in [3.05, 3.63) is 65.7 Å². The van der Waals surface area contributed by atoms with Crippen molar-refractivity contribution < 1.29 is 9.59 Å². The summed E-state index contributed by atoms with van der Waals surface area (Å²) in [4.78, 5) is 36.7. The number of rotatable bonds is 5. The van der Waals surface area contributed by atoms with Crippen LogP contribution < -0.4 is 5.32 Å². The van der Waals surface area contributed by atoms with E-state index in [-0.39, 0.29) is 23.6 Å². The van der Waals surface area contributed by atoms with Crippen LogP contribution in [0.3, 0.4) is 0 Å². The maximum Gasteiger partial charge on any atom is 0.271 e. The van der Waals surface area contributed by atoms with Gasteiger partial charge in [0.2, 0.25) is 5.91 Å². The molecule has 2 aliphatic heterocycles. The van der Waals surface area contributed by atoms with E-state index in [2.05, 4.69) is 10.3 Å².